The first-order chi connectivity index (χ1) is 7.83. The summed E-state index contributed by atoms with van der Waals surface area (Å²) in [6, 6.07) is 0.524. The highest BCUT2D eigenvalue weighted by Gasteiger charge is 2.28. The summed E-state index contributed by atoms with van der Waals surface area (Å²) in [7, 11) is 1.99. The number of likely N-dealkylation sites (tertiary alicyclic amines) is 1. The van der Waals surface area contributed by atoms with Crippen LogP contribution in [0.3, 0.4) is 0 Å². The number of hydrogen-bond acceptors (Lipinski definition) is 3. The second kappa shape index (κ2) is 5.71. The van der Waals surface area contributed by atoms with E-state index < -0.39 is 5.60 Å². The van der Waals surface area contributed by atoms with Crippen molar-refractivity contribution in [1.29, 1.82) is 0 Å². The third kappa shape index (κ3) is 4.54. The summed E-state index contributed by atoms with van der Waals surface area (Å²) >= 11 is 0. The first kappa shape index (κ1) is 14.3. The van der Waals surface area contributed by atoms with Crippen molar-refractivity contribution < 1.29 is 9.53 Å². The lowest BCUT2D eigenvalue weighted by molar-refractivity contribution is 0.0173. The van der Waals surface area contributed by atoms with Crippen LogP contribution in [0.4, 0.5) is 4.79 Å². The van der Waals surface area contributed by atoms with Crippen LogP contribution in [0.2, 0.25) is 0 Å². The van der Waals surface area contributed by atoms with Gasteiger partial charge < -0.3 is 15.0 Å². The maximum atomic E-state index is 11.8. The zero-order chi connectivity index (χ0) is 13.1. The number of ether oxygens (including phenoxy) is 1. The summed E-state index contributed by atoms with van der Waals surface area (Å²) in [6.07, 6.45) is 1.94. The number of carbonyl (C=O) groups excluding carboxylic acids is 1. The second-order valence-electron chi connectivity index (χ2n) is 5.88. The molecule has 1 saturated heterocycles. The van der Waals surface area contributed by atoms with Crippen LogP contribution >= 0.6 is 0 Å². The maximum absolute atomic E-state index is 11.8. The smallest absolute Gasteiger partial charge is 0.410 e. The van der Waals surface area contributed by atoms with Gasteiger partial charge in [0.05, 0.1) is 0 Å². The van der Waals surface area contributed by atoms with Gasteiger partial charge in [0, 0.05) is 19.1 Å². The van der Waals surface area contributed by atoms with E-state index in [0.717, 1.165) is 25.9 Å². The van der Waals surface area contributed by atoms with Crippen LogP contribution in [0, 0.1) is 5.92 Å². The lowest BCUT2D eigenvalue weighted by atomic mass is 9.90. The third-order valence-corrected chi connectivity index (χ3v) is 3.35. The third-order valence-electron chi connectivity index (χ3n) is 3.35. The number of carbonyl (C=O) groups is 1. The molecule has 0 unspecified atom stereocenters. The van der Waals surface area contributed by atoms with E-state index in [1.165, 1.54) is 0 Å². The van der Waals surface area contributed by atoms with E-state index in [0.29, 0.717) is 12.0 Å². The molecular formula is C13H26N2O2. The van der Waals surface area contributed by atoms with Crippen molar-refractivity contribution in [2.75, 3.05) is 20.1 Å². The molecule has 1 amide bonds. The molecule has 0 aromatic rings. The van der Waals surface area contributed by atoms with Crippen LogP contribution in [0.1, 0.15) is 40.5 Å². The largest absolute Gasteiger partial charge is 0.444 e. The Morgan fingerprint density at radius 2 is 1.88 bits per heavy atom. The van der Waals surface area contributed by atoms with Gasteiger partial charge in [0.2, 0.25) is 0 Å². The summed E-state index contributed by atoms with van der Waals surface area (Å²) in [6.45, 7) is 9.53. The predicted octanol–water partition coefficient (Wildman–Crippen LogP) is 2.24. The molecule has 0 aliphatic carbocycles. The van der Waals surface area contributed by atoms with Crippen LogP contribution in [-0.2, 0) is 4.74 Å². The molecule has 100 valence electrons. The van der Waals surface area contributed by atoms with E-state index in [-0.39, 0.29) is 6.09 Å². The predicted molar refractivity (Wildman–Crippen MR) is 69.1 cm³/mol. The molecule has 0 bridgehead atoms. The van der Waals surface area contributed by atoms with Gasteiger partial charge in [-0.15, -0.1) is 0 Å². The fourth-order valence-electron chi connectivity index (χ4n) is 2.14. The quantitative estimate of drug-likeness (QED) is 0.807. The van der Waals surface area contributed by atoms with E-state index >= 15 is 0 Å². The van der Waals surface area contributed by atoms with E-state index in [1.807, 2.05) is 32.7 Å². The summed E-state index contributed by atoms with van der Waals surface area (Å²) in [4.78, 5) is 13.7. The van der Waals surface area contributed by atoms with Gasteiger partial charge in [0.25, 0.3) is 0 Å². The zero-order valence-corrected chi connectivity index (χ0v) is 11.7. The van der Waals surface area contributed by atoms with Gasteiger partial charge in [0.15, 0.2) is 0 Å². The first-order valence-electron chi connectivity index (χ1n) is 6.48. The lowest BCUT2D eigenvalue weighted by Crippen LogP contribution is -2.45. The molecule has 17 heavy (non-hydrogen) atoms. The normalized spacial score (nSPS) is 20.2. The van der Waals surface area contributed by atoms with Gasteiger partial charge >= 0.3 is 6.09 Å². The number of nitrogens with zero attached hydrogens (tertiary/aromatic N) is 1. The van der Waals surface area contributed by atoms with Crippen LogP contribution < -0.4 is 5.32 Å². The van der Waals surface area contributed by atoms with Gasteiger partial charge in [0.1, 0.15) is 5.60 Å². The van der Waals surface area contributed by atoms with Crippen molar-refractivity contribution in [1.82, 2.24) is 10.2 Å². The average molecular weight is 242 g/mol. The van der Waals surface area contributed by atoms with Crippen molar-refractivity contribution in [3.05, 3.63) is 0 Å². The van der Waals surface area contributed by atoms with Crippen molar-refractivity contribution >= 4 is 6.09 Å². The molecule has 0 radical (unpaired) electrons. The van der Waals surface area contributed by atoms with Crippen molar-refractivity contribution in [2.45, 2.75) is 52.2 Å². The number of hydrogen-bond donors (Lipinski definition) is 1. The summed E-state index contributed by atoms with van der Waals surface area (Å²) in [5.74, 6) is 0.665. The Balaban J connectivity index is 2.39. The Labute approximate surface area is 105 Å². The molecule has 0 saturated carbocycles. The minimum Gasteiger partial charge on any atom is -0.444 e. The van der Waals surface area contributed by atoms with Crippen LogP contribution in [0.25, 0.3) is 0 Å². The fourth-order valence-corrected chi connectivity index (χ4v) is 2.14. The number of piperidine rings is 1. The van der Waals surface area contributed by atoms with Gasteiger partial charge in [-0.3, -0.25) is 0 Å². The molecule has 4 nitrogen and oxygen atoms in total. The molecule has 0 spiro atoms. The molecular weight excluding hydrogens is 216 g/mol. The molecule has 4 heteroatoms. The fraction of sp³-hybridized carbons (Fsp3) is 0.923. The minimum absolute atomic E-state index is 0.173. The van der Waals surface area contributed by atoms with E-state index in [4.69, 9.17) is 4.74 Å². The molecule has 1 fully saturated rings. The van der Waals surface area contributed by atoms with Crippen molar-refractivity contribution in [3.8, 4) is 0 Å². The highest BCUT2D eigenvalue weighted by Crippen LogP contribution is 2.22. The highest BCUT2D eigenvalue weighted by molar-refractivity contribution is 5.68. The molecule has 1 aliphatic heterocycles. The van der Waals surface area contributed by atoms with E-state index in [9.17, 15) is 4.79 Å². The van der Waals surface area contributed by atoms with Crippen LogP contribution in [-0.4, -0.2) is 42.8 Å². The van der Waals surface area contributed by atoms with Gasteiger partial charge in [-0.05, 0) is 53.5 Å². The molecule has 1 heterocycles. The second-order valence-corrected chi connectivity index (χ2v) is 5.88. The monoisotopic (exact) mass is 242 g/mol. The standard InChI is InChI=1S/C13H26N2O2/c1-10(14-5)11-6-8-15(9-7-11)12(16)17-13(2,3)4/h10-11,14H,6-9H2,1-5H3/t10-/m1/s1. The minimum atomic E-state index is -0.397. The molecule has 0 aromatic carbocycles. The summed E-state index contributed by atoms with van der Waals surface area (Å²) < 4.78 is 5.37. The molecule has 1 atom stereocenters. The molecule has 1 N–H and O–H groups in total. The van der Waals surface area contributed by atoms with Gasteiger partial charge in [-0.1, -0.05) is 0 Å². The highest BCUT2D eigenvalue weighted by atomic mass is 16.6. The summed E-state index contributed by atoms with van der Waals surface area (Å²) in [5.41, 5.74) is -0.397. The topological polar surface area (TPSA) is 41.6 Å². The Bertz CT molecular complexity index is 253. The van der Waals surface area contributed by atoms with Crippen molar-refractivity contribution in [3.63, 3.8) is 0 Å². The first-order valence-corrected chi connectivity index (χ1v) is 6.48. The maximum Gasteiger partial charge on any atom is 0.410 e. The Kier molecular flexibility index (Phi) is 4.80. The van der Waals surface area contributed by atoms with E-state index in [2.05, 4.69) is 12.2 Å². The lowest BCUT2D eigenvalue weighted by Gasteiger charge is -2.35. The number of amides is 1. The van der Waals surface area contributed by atoms with Crippen LogP contribution in [0.5, 0.6) is 0 Å². The van der Waals surface area contributed by atoms with Gasteiger partial charge in [-0.2, -0.15) is 0 Å². The van der Waals surface area contributed by atoms with Crippen molar-refractivity contribution in [2.24, 2.45) is 5.92 Å². The number of rotatable bonds is 2. The van der Waals surface area contributed by atoms with Gasteiger partial charge in [-0.25, -0.2) is 4.79 Å². The Morgan fingerprint density at radius 3 is 2.29 bits per heavy atom. The SMILES string of the molecule is CN[C@H](C)C1CCN(C(=O)OC(C)(C)C)CC1. The van der Waals surface area contributed by atoms with Crippen LogP contribution in [0.15, 0.2) is 0 Å². The van der Waals surface area contributed by atoms with E-state index in [1.54, 1.807) is 0 Å². The summed E-state index contributed by atoms with van der Waals surface area (Å²) in [5, 5.41) is 3.28. The molecule has 1 rings (SSSR count). The average Bonchev–Trinajstić information content (AvgIpc) is 2.26. The Morgan fingerprint density at radius 1 is 1.35 bits per heavy atom. The molecule has 0 aromatic heterocycles. The number of nitrogens with one attached hydrogen (secondary N) is 1. The molecule has 1 aliphatic rings. The zero-order valence-electron chi connectivity index (χ0n) is 11.7. The Hall–Kier alpha value is -0.770.